The number of hydrogen-bond acceptors (Lipinski definition) is 4. The zero-order valence-corrected chi connectivity index (χ0v) is 11.9. The average molecular weight is 302 g/mol. The van der Waals surface area contributed by atoms with Crippen molar-refractivity contribution < 1.29 is 13.9 Å². The Morgan fingerprint density at radius 3 is 2.95 bits per heavy atom. The number of carbonyl (C=O) groups is 1. The molecule has 0 bridgehead atoms. The van der Waals surface area contributed by atoms with Crippen molar-refractivity contribution in [2.45, 2.75) is 10.1 Å². The fraction of sp³-hybridized carbons (Fsp3) is 0.0667. The van der Waals surface area contributed by atoms with Gasteiger partial charge in [0.15, 0.2) is 11.4 Å². The second-order valence-corrected chi connectivity index (χ2v) is 5.30. The minimum absolute atomic E-state index is 0.263. The molecule has 1 aromatic heterocycles. The van der Waals surface area contributed by atoms with Crippen molar-refractivity contribution >= 4 is 29.1 Å². The van der Waals surface area contributed by atoms with Gasteiger partial charge in [0.05, 0.1) is 23.0 Å². The number of hydrogen-bond donors (Lipinski definition) is 1. The van der Waals surface area contributed by atoms with Gasteiger partial charge >= 0.3 is 0 Å². The Hall–Kier alpha value is -2.34. The fourth-order valence-electron chi connectivity index (χ4n) is 1.96. The number of aromatic nitrogens is 2. The van der Waals surface area contributed by atoms with Gasteiger partial charge in [-0.3, -0.25) is 4.79 Å². The molecule has 0 aliphatic carbocycles. The number of aldehydes is 1. The van der Waals surface area contributed by atoms with Crippen LogP contribution in [0.4, 0.5) is 4.39 Å². The second-order valence-electron chi connectivity index (χ2n) is 4.30. The number of aromatic amines is 1. The number of halogens is 1. The van der Waals surface area contributed by atoms with Crippen LogP contribution in [0.15, 0.2) is 46.5 Å². The molecule has 0 radical (unpaired) electrons. The van der Waals surface area contributed by atoms with Crippen molar-refractivity contribution in [3.63, 3.8) is 0 Å². The number of rotatable bonds is 4. The lowest BCUT2D eigenvalue weighted by Crippen LogP contribution is -1.90. The maximum atomic E-state index is 13.9. The van der Waals surface area contributed by atoms with Crippen LogP contribution in [0, 0.1) is 5.82 Å². The van der Waals surface area contributed by atoms with Crippen molar-refractivity contribution in [1.82, 2.24) is 9.97 Å². The van der Waals surface area contributed by atoms with Gasteiger partial charge in [-0.1, -0.05) is 12.1 Å². The maximum Gasteiger partial charge on any atom is 0.171 e. The second kappa shape index (κ2) is 5.57. The summed E-state index contributed by atoms with van der Waals surface area (Å²) in [6, 6.07) is 9.83. The summed E-state index contributed by atoms with van der Waals surface area (Å²) in [6.45, 7) is 0. The van der Waals surface area contributed by atoms with Gasteiger partial charge in [0.1, 0.15) is 11.6 Å². The van der Waals surface area contributed by atoms with Gasteiger partial charge in [-0.05, 0) is 30.0 Å². The van der Waals surface area contributed by atoms with Gasteiger partial charge in [0.25, 0.3) is 0 Å². The van der Waals surface area contributed by atoms with Crippen LogP contribution >= 0.6 is 11.8 Å². The highest BCUT2D eigenvalue weighted by Gasteiger charge is 2.12. The average Bonchev–Trinajstić information content (AvgIpc) is 2.90. The first-order valence-electron chi connectivity index (χ1n) is 6.16. The normalized spacial score (nSPS) is 10.8. The topological polar surface area (TPSA) is 55.0 Å². The first kappa shape index (κ1) is 13.6. The molecule has 0 unspecified atom stereocenters. The van der Waals surface area contributed by atoms with Crippen LogP contribution in [0.1, 0.15) is 10.4 Å². The summed E-state index contributed by atoms with van der Waals surface area (Å²) in [4.78, 5) is 18.7. The molecule has 1 N–H and O–H groups in total. The van der Waals surface area contributed by atoms with E-state index in [1.165, 1.54) is 12.1 Å². The van der Waals surface area contributed by atoms with Crippen LogP contribution < -0.4 is 4.74 Å². The Labute approximate surface area is 124 Å². The lowest BCUT2D eigenvalue weighted by molar-refractivity contribution is 0.112. The summed E-state index contributed by atoms with van der Waals surface area (Å²) in [5, 5.41) is 0.520. The number of nitrogens with zero attached hydrogens (tertiary/aromatic N) is 1. The third-order valence-corrected chi connectivity index (χ3v) is 4.01. The van der Waals surface area contributed by atoms with Crippen LogP contribution in [-0.4, -0.2) is 23.4 Å². The van der Waals surface area contributed by atoms with Gasteiger partial charge < -0.3 is 9.72 Å². The molecule has 21 heavy (non-hydrogen) atoms. The minimum Gasteiger partial charge on any atom is -0.497 e. The van der Waals surface area contributed by atoms with E-state index in [2.05, 4.69) is 9.97 Å². The number of carbonyl (C=O) groups excluding carboxylic acids is 1. The van der Waals surface area contributed by atoms with E-state index in [1.807, 2.05) is 12.1 Å². The molecule has 0 spiro atoms. The molecule has 1 heterocycles. The molecular weight excluding hydrogens is 291 g/mol. The molecule has 4 nitrogen and oxygen atoms in total. The van der Waals surface area contributed by atoms with Crippen LogP contribution in [0.5, 0.6) is 5.75 Å². The smallest absolute Gasteiger partial charge is 0.171 e. The summed E-state index contributed by atoms with van der Waals surface area (Å²) in [5.41, 5.74) is 1.85. The number of imidazole rings is 1. The Bertz CT molecular complexity index is 817. The highest BCUT2D eigenvalue weighted by molar-refractivity contribution is 7.99. The van der Waals surface area contributed by atoms with Gasteiger partial charge in [0, 0.05) is 11.6 Å². The summed E-state index contributed by atoms with van der Waals surface area (Å²) in [7, 11) is 1.59. The van der Waals surface area contributed by atoms with Gasteiger partial charge in [-0.2, -0.15) is 0 Å². The zero-order valence-electron chi connectivity index (χ0n) is 11.1. The first-order valence-corrected chi connectivity index (χ1v) is 6.98. The van der Waals surface area contributed by atoms with E-state index in [1.54, 1.807) is 19.2 Å². The Kier molecular flexibility index (Phi) is 3.62. The molecule has 0 aliphatic rings. The lowest BCUT2D eigenvalue weighted by Gasteiger charge is -2.02. The monoisotopic (exact) mass is 302 g/mol. The van der Waals surface area contributed by atoms with Crippen molar-refractivity contribution in [2.24, 2.45) is 0 Å². The Morgan fingerprint density at radius 1 is 1.33 bits per heavy atom. The molecule has 0 amide bonds. The van der Waals surface area contributed by atoms with Gasteiger partial charge in [-0.25, -0.2) is 9.37 Å². The quantitative estimate of drug-likeness (QED) is 0.747. The first-order chi connectivity index (χ1) is 10.2. The van der Waals surface area contributed by atoms with Crippen molar-refractivity contribution in [3.8, 4) is 5.75 Å². The largest absolute Gasteiger partial charge is 0.497 e. The van der Waals surface area contributed by atoms with Crippen molar-refractivity contribution in [3.05, 3.63) is 47.8 Å². The molecule has 6 heteroatoms. The van der Waals surface area contributed by atoms with E-state index in [0.29, 0.717) is 22.8 Å². The number of fused-ring (bicyclic) bond motifs is 1. The predicted molar refractivity (Wildman–Crippen MR) is 78.6 cm³/mol. The van der Waals surface area contributed by atoms with E-state index in [9.17, 15) is 9.18 Å². The molecule has 0 fully saturated rings. The van der Waals surface area contributed by atoms with Crippen LogP contribution in [0.25, 0.3) is 11.0 Å². The highest BCUT2D eigenvalue weighted by Crippen LogP contribution is 2.32. The molecular formula is C15H11FN2O2S. The molecule has 0 aliphatic heterocycles. The highest BCUT2D eigenvalue weighted by atomic mass is 32.2. The van der Waals surface area contributed by atoms with E-state index >= 15 is 0 Å². The number of ether oxygens (including phenoxy) is 1. The van der Waals surface area contributed by atoms with Crippen LogP contribution in [0.2, 0.25) is 0 Å². The van der Waals surface area contributed by atoms with E-state index in [4.69, 9.17) is 4.74 Å². The molecule has 106 valence electrons. The zero-order chi connectivity index (χ0) is 14.8. The molecule has 0 saturated carbocycles. The Morgan fingerprint density at radius 2 is 2.19 bits per heavy atom. The van der Waals surface area contributed by atoms with Crippen molar-refractivity contribution in [2.75, 3.05) is 7.11 Å². The standard InChI is InChI=1S/C15H11FN2O2S/c1-20-10-5-6-12-13(7-10)18-15(17-12)21-14-9(8-19)3-2-4-11(14)16/h2-8H,1H3,(H,17,18). The van der Waals surface area contributed by atoms with Crippen molar-refractivity contribution in [1.29, 1.82) is 0 Å². The third kappa shape index (κ3) is 2.62. The number of benzene rings is 2. The minimum atomic E-state index is -0.442. The summed E-state index contributed by atoms with van der Waals surface area (Å²) < 4.78 is 19.0. The molecule has 0 atom stereocenters. The molecule has 3 rings (SSSR count). The van der Waals surface area contributed by atoms with Crippen LogP contribution in [-0.2, 0) is 0 Å². The maximum absolute atomic E-state index is 13.9. The molecule has 3 aromatic rings. The molecule has 0 saturated heterocycles. The van der Waals surface area contributed by atoms with E-state index in [-0.39, 0.29) is 4.90 Å². The summed E-state index contributed by atoms with van der Waals surface area (Å²) in [5.74, 6) is 0.268. The number of nitrogens with one attached hydrogen (secondary N) is 1. The fourth-order valence-corrected chi connectivity index (χ4v) is 2.86. The summed E-state index contributed by atoms with van der Waals surface area (Å²) in [6.07, 6.45) is 0.636. The van der Waals surface area contributed by atoms with E-state index < -0.39 is 5.82 Å². The Balaban J connectivity index is 2.00. The number of H-pyrrole nitrogens is 1. The SMILES string of the molecule is COc1ccc2nc(Sc3c(F)cccc3C=O)[nH]c2c1. The van der Waals surface area contributed by atoms with Gasteiger partial charge in [-0.15, -0.1) is 0 Å². The van der Waals surface area contributed by atoms with Crippen LogP contribution in [0.3, 0.4) is 0 Å². The molecule has 2 aromatic carbocycles. The number of methoxy groups -OCH3 is 1. The summed E-state index contributed by atoms with van der Waals surface area (Å²) >= 11 is 1.09. The third-order valence-electron chi connectivity index (χ3n) is 2.99. The predicted octanol–water partition coefficient (Wildman–Crippen LogP) is 3.67. The van der Waals surface area contributed by atoms with E-state index in [0.717, 1.165) is 22.8 Å². The lowest BCUT2D eigenvalue weighted by atomic mass is 10.2. The van der Waals surface area contributed by atoms with Gasteiger partial charge in [0.2, 0.25) is 0 Å².